The highest BCUT2D eigenvalue weighted by Gasteiger charge is 2.13. The van der Waals surface area contributed by atoms with E-state index < -0.39 is 10.0 Å². The topological polar surface area (TPSA) is 74.8 Å². The summed E-state index contributed by atoms with van der Waals surface area (Å²) in [5, 5.41) is 6.38. The lowest BCUT2D eigenvalue weighted by atomic mass is 10.2. The summed E-state index contributed by atoms with van der Waals surface area (Å²) in [4.78, 5) is 0. The molecule has 2 N–H and O–H groups in total. The lowest BCUT2D eigenvalue weighted by molar-refractivity contribution is 0.599. The third-order valence-corrected chi connectivity index (χ3v) is 3.92. The van der Waals surface area contributed by atoms with Gasteiger partial charge in [0.05, 0.1) is 23.3 Å². The standard InChI is InChI=1S/C12H14FN3O2S/c1-9-12(8-14-15-9)16-19(17,18)6-5-10-3-2-4-11(13)7-10/h2-4,7-8,16H,5-6H2,1H3,(H,14,15). The number of rotatable bonds is 5. The average molecular weight is 283 g/mol. The van der Waals surface area contributed by atoms with E-state index in [9.17, 15) is 12.8 Å². The van der Waals surface area contributed by atoms with Crippen LogP contribution in [0.5, 0.6) is 0 Å². The Kier molecular flexibility index (Phi) is 3.84. The Morgan fingerprint density at radius 1 is 1.42 bits per heavy atom. The minimum absolute atomic E-state index is 0.110. The van der Waals surface area contributed by atoms with E-state index >= 15 is 0 Å². The molecule has 0 aliphatic carbocycles. The number of anilines is 1. The maximum Gasteiger partial charge on any atom is 0.233 e. The Morgan fingerprint density at radius 2 is 2.21 bits per heavy atom. The molecule has 0 fully saturated rings. The van der Waals surface area contributed by atoms with Gasteiger partial charge in [-0.3, -0.25) is 9.82 Å². The summed E-state index contributed by atoms with van der Waals surface area (Å²) >= 11 is 0. The molecule has 0 saturated heterocycles. The van der Waals surface area contributed by atoms with E-state index in [2.05, 4.69) is 14.9 Å². The first-order valence-electron chi connectivity index (χ1n) is 5.71. The zero-order valence-corrected chi connectivity index (χ0v) is 11.2. The minimum Gasteiger partial charge on any atom is -0.281 e. The molecule has 1 aromatic carbocycles. The van der Waals surface area contributed by atoms with E-state index in [0.29, 0.717) is 16.9 Å². The Morgan fingerprint density at radius 3 is 2.84 bits per heavy atom. The first-order valence-corrected chi connectivity index (χ1v) is 7.36. The molecule has 5 nitrogen and oxygen atoms in total. The van der Waals surface area contributed by atoms with Crippen LogP contribution in [-0.4, -0.2) is 24.4 Å². The van der Waals surface area contributed by atoms with Gasteiger partial charge < -0.3 is 0 Å². The molecule has 2 rings (SSSR count). The molecular weight excluding hydrogens is 269 g/mol. The Balaban J connectivity index is 2.00. The normalized spacial score (nSPS) is 11.5. The zero-order valence-electron chi connectivity index (χ0n) is 10.4. The number of aryl methyl sites for hydroxylation is 2. The van der Waals surface area contributed by atoms with Crippen molar-refractivity contribution in [2.75, 3.05) is 10.5 Å². The van der Waals surface area contributed by atoms with Crippen molar-refractivity contribution in [2.45, 2.75) is 13.3 Å². The summed E-state index contributed by atoms with van der Waals surface area (Å²) in [6, 6.07) is 5.91. The van der Waals surface area contributed by atoms with Crippen LogP contribution in [0.4, 0.5) is 10.1 Å². The fraction of sp³-hybridized carbons (Fsp3) is 0.250. The molecule has 0 saturated carbocycles. The van der Waals surface area contributed by atoms with Gasteiger partial charge in [-0.2, -0.15) is 5.10 Å². The number of hydrogen-bond acceptors (Lipinski definition) is 3. The molecule has 2 aromatic rings. The molecule has 0 atom stereocenters. The van der Waals surface area contributed by atoms with Crippen molar-refractivity contribution in [3.05, 3.63) is 47.5 Å². The van der Waals surface area contributed by atoms with Crippen LogP contribution < -0.4 is 4.72 Å². The molecule has 0 radical (unpaired) electrons. The molecule has 0 unspecified atom stereocenters. The number of aromatic amines is 1. The number of aromatic nitrogens is 2. The van der Waals surface area contributed by atoms with Crippen LogP contribution in [0, 0.1) is 12.7 Å². The molecule has 102 valence electrons. The van der Waals surface area contributed by atoms with Gasteiger partial charge in [0.2, 0.25) is 10.0 Å². The van der Waals surface area contributed by atoms with E-state index in [4.69, 9.17) is 0 Å². The molecule has 0 bridgehead atoms. The van der Waals surface area contributed by atoms with E-state index in [0.717, 1.165) is 0 Å². The van der Waals surface area contributed by atoms with Crippen LogP contribution in [-0.2, 0) is 16.4 Å². The number of hydrogen-bond donors (Lipinski definition) is 2. The van der Waals surface area contributed by atoms with Crippen LogP contribution in [0.3, 0.4) is 0 Å². The quantitative estimate of drug-likeness (QED) is 0.879. The molecule has 1 aromatic heterocycles. The first kappa shape index (κ1) is 13.5. The fourth-order valence-electron chi connectivity index (χ4n) is 1.62. The number of halogens is 1. The van der Waals surface area contributed by atoms with Gasteiger partial charge >= 0.3 is 0 Å². The van der Waals surface area contributed by atoms with Crippen LogP contribution in [0.15, 0.2) is 30.5 Å². The maximum atomic E-state index is 13.0. The average Bonchev–Trinajstić information content (AvgIpc) is 2.72. The van der Waals surface area contributed by atoms with Crippen molar-refractivity contribution < 1.29 is 12.8 Å². The van der Waals surface area contributed by atoms with Gasteiger partial charge in [-0.25, -0.2) is 12.8 Å². The Bertz CT molecular complexity index is 667. The maximum absolute atomic E-state index is 13.0. The molecule has 1 heterocycles. The second-order valence-electron chi connectivity index (χ2n) is 4.21. The first-order chi connectivity index (χ1) is 8.96. The smallest absolute Gasteiger partial charge is 0.233 e. The predicted molar refractivity (Wildman–Crippen MR) is 70.8 cm³/mol. The van der Waals surface area contributed by atoms with Gasteiger partial charge in [-0.15, -0.1) is 0 Å². The Labute approximate surface area is 110 Å². The summed E-state index contributed by atoms with van der Waals surface area (Å²) in [7, 11) is -3.47. The van der Waals surface area contributed by atoms with Gasteiger partial charge in [0.1, 0.15) is 5.82 Å². The van der Waals surface area contributed by atoms with E-state index in [1.54, 1.807) is 19.1 Å². The number of nitrogens with zero attached hydrogens (tertiary/aromatic N) is 1. The third-order valence-electron chi connectivity index (χ3n) is 2.64. The monoisotopic (exact) mass is 283 g/mol. The van der Waals surface area contributed by atoms with Gasteiger partial charge in [-0.1, -0.05) is 12.1 Å². The highest BCUT2D eigenvalue weighted by Crippen LogP contribution is 2.13. The number of nitrogens with one attached hydrogen (secondary N) is 2. The van der Waals surface area contributed by atoms with Crippen LogP contribution in [0.2, 0.25) is 0 Å². The largest absolute Gasteiger partial charge is 0.281 e. The summed E-state index contributed by atoms with van der Waals surface area (Å²) in [6.45, 7) is 1.72. The summed E-state index contributed by atoms with van der Waals surface area (Å²) in [6.07, 6.45) is 1.67. The van der Waals surface area contributed by atoms with Gasteiger partial charge in [0, 0.05) is 0 Å². The van der Waals surface area contributed by atoms with Crippen molar-refractivity contribution in [1.29, 1.82) is 0 Å². The fourth-order valence-corrected chi connectivity index (χ4v) is 2.76. The van der Waals surface area contributed by atoms with Crippen LogP contribution in [0.25, 0.3) is 0 Å². The number of sulfonamides is 1. The zero-order chi connectivity index (χ0) is 13.9. The summed E-state index contributed by atoms with van der Waals surface area (Å²) in [5.41, 5.74) is 1.72. The number of H-pyrrole nitrogens is 1. The van der Waals surface area contributed by atoms with E-state index in [1.807, 2.05) is 0 Å². The van der Waals surface area contributed by atoms with Gasteiger partial charge in [0.15, 0.2) is 0 Å². The Hall–Kier alpha value is -1.89. The summed E-state index contributed by atoms with van der Waals surface area (Å²) < 4.78 is 39.1. The van der Waals surface area contributed by atoms with Crippen molar-refractivity contribution in [1.82, 2.24) is 10.2 Å². The van der Waals surface area contributed by atoms with Crippen molar-refractivity contribution in [2.24, 2.45) is 0 Å². The molecular formula is C12H14FN3O2S. The van der Waals surface area contributed by atoms with Gasteiger partial charge in [0.25, 0.3) is 0 Å². The predicted octanol–water partition coefficient (Wildman–Crippen LogP) is 1.84. The van der Waals surface area contributed by atoms with Crippen LogP contribution >= 0.6 is 0 Å². The lowest BCUT2D eigenvalue weighted by Gasteiger charge is -2.07. The molecule has 0 amide bonds. The van der Waals surface area contributed by atoms with Crippen molar-refractivity contribution in [3.63, 3.8) is 0 Å². The second kappa shape index (κ2) is 5.40. The third kappa shape index (κ3) is 3.78. The number of benzene rings is 1. The summed E-state index contributed by atoms with van der Waals surface area (Å²) in [5.74, 6) is -0.477. The van der Waals surface area contributed by atoms with E-state index in [1.165, 1.54) is 18.3 Å². The molecule has 7 heteroatoms. The SMILES string of the molecule is Cc1[nH]ncc1NS(=O)(=O)CCc1cccc(F)c1. The molecule has 19 heavy (non-hydrogen) atoms. The highest BCUT2D eigenvalue weighted by atomic mass is 32.2. The second-order valence-corrected chi connectivity index (χ2v) is 6.05. The minimum atomic E-state index is -3.47. The molecule has 0 aliphatic heterocycles. The highest BCUT2D eigenvalue weighted by molar-refractivity contribution is 7.92. The van der Waals surface area contributed by atoms with E-state index in [-0.39, 0.29) is 18.0 Å². The molecule has 0 spiro atoms. The lowest BCUT2D eigenvalue weighted by Crippen LogP contribution is -2.18. The van der Waals surface area contributed by atoms with Crippen molar-refractivity contribution >= 4 is 15.7 Å². The molecule has 0 aliphatic rings. The van der Waals surface area contributed by atoms with Crippen molar-refractivity contribution in [3.8, 4) is 0 Å². The van der Waals surface area contributed by atoms with Gasteiger partial charge in [-0.05, 0) is 31.0 Å². The van der Waals surface area contributed by atoms with Crippen LogP contribution in [0.1, 0.15) is 11.3 Å².